The number of nitrogens with zero attached hydrogens (tertiary/aromatic N) is 1. The summed E-state index contributed by atoms with van der Waals surface area (Å²) in [5.41, 5.74) is 1.77. The standard InChI is InChI=1S/C16H15N3O4S/c1-10-11(2)18-23-16(10)19-24(21,22)15-8-4-5-12-13(15)6-3-7-14(12)17-9-20/h3-9,19H,1-2H3,(H,17,20). The molecule has 24 heavy (non-hydrogen) atoms. The lowest BCUT2D eigenvalue weighted by Gasteiger charge is -2.11. The third-order valence-corrected chi connectivity index (χ3v) is 5.16. The molecular formula is C16H15N3O4S. The molecule has 0 saturated heterocycles. The lowest BCUT2D eigenvalue weighted by atomic mass is 10.1. The van der Waals surface area contributed by atoms with Crippen LogP contribution in [0.1, 0.15) is 11.3 Å². The molecule has 8 heteroatoms. The third-order valence-electron chi connectivity index (χ3n) is 3.77. The van der Waals surface area contributed by atoms with Crippen LogP contribution in [0.2, 0.25) is 0 Å². The summed E-state index contributed by atoms with van der Waals surface area (Å²) in [5.74, 6) is 0.0895. The topological polar surface area (TPSA) is 101 Å². The maximum absolute atomic E-state index is 12.8. The van der Waals surface area contributed by atoms with E-state index in [1.807, 2.05) is 0 Å². The number of nitrogens with one attached hydrogen (secondary N) is 2. The van der Waals surface area contributed by atoms with Crippen LogP contribution in [0.25, 0.3) is 10.8 Å². The van der Waals surface area contributed by atoms with Crippen molar-refractivity contribution in [3.05, 3.63) is 47.7 Å². The number of carbonyl (C=O) groups excluding carboxylic acids is 1. The normalized spacial score (nSPS) is 11.4. The monoisotopic (exact) mass is 345 g/mol. The number of fused-ring (bicyclic) bond motifs is 1. The van der Waals surface area contributed by atoms with Crippen LogP contribution in [-0.4, -0.2) is 20.0 Å². The molecule has 0 saturated carbocycles. The number of amides is 1. The van der Waals surface area contributed by atoms with Gasteiger partial charge in [0.1, 0.15) is 0 Å². The van der Waals surface area contributed by atoms with E-state index >= 15 is 0 Å². The van der Waals surface area contributed by atoms with Crippen molar-refractivity contribution in [1.29, 1.82) is 0 Å². The maximum Gasteiger partial charge on any atom is 0.264 e. The Morgan fingerprint density at radius 1 is 1.08 bits per heavy atom. The van der Waals surface area contributed by atoms with Crippen molar-refractivity contribution in [2.75, 3.05) is 10.0 Å². The Labute approximate surface area is 138 Å². The second kappa shape index (κ2) is 5.97. The summed E-state index contributed by atoms with van der Waals surface area (Å²) in [5, 5.41) is 7.43. The lowest BCUT2D eigenvalue weighted by molar-refractivity contribution is -0.105. The highest BCUT2D eigenvalue weighted by atomic mass is 32.2. The van der Waals surface area contributed by atoms with E-state index in [0.29, 0.717) is 34.1 Å². The fourth-order valence-corrected chi connectivity index (χ4v) is 3.66. The second-order valence-electron chi connectivity index (χ2n) is 5.25. The molecular weight excluding hydrogens is 330 g/mol. The van der Waals surface area contributed by atoms with Crippen LogP contribution in [0.4, 0.5) is 11.6 Å². The number of hydrogen-bond acceptors (Lipinski definition) is 5. The minimum absolute atomic E-state index is 0.0861. The zero-order chi connectivity index (χ0) is 17.3. The maximum atomic E-state index is 12.8. The van der Waals surface area contributed by atoms with Crippen LogP contribution in [0.5, 0.6) is 0 Å². The van der Waals surface area contributed by atoms with Crippen molar-refractivity contribution in [2.24, 2.45) is 0 Å². The van der Waals surface area contributed by atoms with Gasteiger partial charge in [-0.1, -0.05) is 29.4 Å². The fraction of sp³-hybridized carbons (Fsp3) is 0.125. The largest absolute Gasteiger partial charge is 0.337 e. The molecule has 1 aromatic heterocycles. The molecule has 2 aromatic carbocycles. The summed E-state index contributed by atoms with van der Waals surface area (Å²) in [6.07, 6.45) is 0.550. The van der Waals surface area contributed by atoms with Crippen molar-refractivity contribution < 1.29 is 17.7 Å². The molecule has 0 aliphatic rings. The summed E-state index contributed by atoms with van der Waals surface area (Å²) in [6.45, 7) is 3.45. The molecule has 0 aliphatic carbocycles. The Morgan fingerprint density at radius 2 is 1.79 bits per heavy atom. The molecule has 0 unspecified atom stereocenters. The van der Waals surface area contributed by atoms with Crippen LogP contribution >= 0.6 is 0 Å². The van der Waals surface area contributed by atoms with Crippen molar-refractivity contribution >= 4 is 38.8 Å². The van der Waals surface area contributed by atoms with E-state index in [2.05, 4.69) is 15.2 Å². The number of aryl methyl sites for hydroxylation is 1. The van der Waals surface area contributed by atoms with Gasteiger partial charge in [-0.05, 0) is 26.0 Å². The zero-order valence-electron chi connectivity index (χ0n) is 13.0. The van der Waals surface area contributed by atoms with E-state index in [9.17, 15) is 13.2 Å². The number of rotatable bonds is 5. The van der Waals surface area contributed by atoms with Crippen LogP contribution in [0.3, 0.4) is 0 Å². The van der Waals surface area contributed by atoms with E-state index in [1.54, 1.807) is 44.2 Å². The van der Waals surface area contributed by atoms with Gasteiger partial charge in [-0.15, -0.1) is 0 Å². The molecule has 124 valence electrons. The lowest BCUT2D eigenvalue weighted by Crippen LogP contribution is -2.13. The van der Waals surface area contributed by atoms with Gasteiger partial charge in [-0.25, -0.2) is 13.1 Å². The minimum atomic E-state index is -3.88. The smallest absolute Gasteiger partial charge is 0.264 e. The van der Waals surface area contributed by atoms with Crippen LogP contribution < -0.4 is 10.0 Å². The molecule has 3 rings (SSSR count). The first-order valence-corrected chi connectivity index (χ1v) is 8.60. The van der Waals surface area contributed by atoms with Gasteiger partial charge in [0.25, 0.3) is 10.0 Å². The quantitative estimate of drug-likeness (QED) is 0.692. The first kappa shape index (κ1) is 16.0. The Balaban J connectivity index is 2.13. The van der Waals surface area contributed by atoms with E-state index in [4.69, 9.17) is 4.52 Å². The summed E-state index contributed by atoms with van der Waals surface area (Å²) in [7, 11) is -3.88. The van der Waals surface area contributed by atoms with Crippen LogP contribution in [0.15, 0.2) is 45.8 Å². The Morgan fingerprint density at radius 3 is 2.46 bits per heavy atom. The molecule has 7 nitrogen and oxygen atoms in total. The molecule has 0 aliphatic heterocycles. The summed E-state index contributed by atoms with van der Waals surface area (Å²) >= 11 is 0. The molecule has 1 amide bonds. The van der Waals surface area contributed by atoms with Gasteiger partial charge in [0.15, 0.2) is 0 Å². The van der Waals surface area contributed by atoms with Gasteiger partial charge in [0, 0.05) is 22.0 Å². The summed E-state index contributed by atoms with van der Waals surface area (Å²) < 4.78 is 33.0. The number of aromatic nitrogens is 1. The van der Waals surface area contributed by atoms with Crippen LogP contribution in [0, 0.1) is 13.8 Å². The SMILES string of the molecule is Cc1noc(NS(=O)(=O)c2cccc3c(NC=O)cccc23)c1C. The fourth-order valence-electron chi connectivity index (χ4n) is 2.39. The number of carbonyl (C=O) groups is 1. The van der Waals surface area contributed by atoms with E-state index in [0.717, 1.165) is 0 Å². The summed E-state index contributed by atoms with van der Waals surface area (Å²) in [6, 6.07) is 9.91. The average molecular weight is 345 g/mol. The number of hydrogen-bond donors (Lipinski definition) is 2. The average Bonchev–Trinajstić information content (AvgIpc) is 2.86. The predicted octanol–water partition coefficient (Wildman–Crippen LogP) is 2.81. The van der Waals surface area contributed by atoms with Gasteiger partial charge in [0.2, 0.25) is 12.3 Å². The molecule has 1 heterocycles. The Hall–Kier alpha value is -2.87. The Bertz CT molecular complexity index is 1020. The molecule has 3 aromatic rings. The molecule has 0 radical (unpaired) electrons. The van der Waals surface area contributed by atoms with Crippen molar-refractivity contribution in [3.63, 3.8) is 0 Å². The Kier molecular flexibility index (Phi) is 3.98. The highest BCUT2D eigenvalue weighted by Gasteiger charge is 2.21. The highest BCUT2D eigenvalue weighted by molar-refractivity contribution is 7.93. The molecule has 0 spiro atoms. The van der Waals surface area contributed by atoms with Crippen LogP contribution in [-0.2, 0) is 14.8 Å². The zero-order valence-corrected chi connectivity index (χ0v) is 13.8. The highest BCUT2D eigenvalue weighted by Crippen LogP contribution is 2.30. The van der Waals surface area contributed by atoms with Crippen molar-refractivity contribution in [3.8, 4) is 0 Å². The van der Waals surface area contributed by atoms with Gasteiger partial charge in [0.05, 0.1) is 10.6 Å². The molecule has 0 bridgehead atoms. The van der Waals surface area contributed by atoms with E-state index in [1.165, 1.54) is 6.07 Å². The molecule has 0 fully saturated rings. The van der Waals surface area contributed by atoms with Crippen molar-refractivity contribution in [1.82, 2.24) is 5.16 Å². The molecule has 2 N–H and O–H groups in total. The van der Waals surface area contributed by atoms with Gasteiger partial charge >= 0.3 is 0 Å². The minimum Gasteiger partial charge on any atom is -0.337 e. The molecule has 0 atom stereocenters. The number of benzene rings is 2. The third kappa shape index (κ3) is 2.71. The van der Waals surface area contributed by atoms with E-state index < -0.39 is 10.0 Å². The first-order valence-electron chi connectivity index (χ1n) is 7.11. The first-order chi connectivity index (χ1) is 11.4. The second-order valence-corrected chi connectivity index (χ2v) is 6.90. The van der Waals surface area contributed by atoms with Crippen molar-refractivity contribution in [2.45, 2.75) is 18.7 Å². The predicted molar refractivity (Wildman–Crippen MR) is 90.4 cm³/mol. The van der Waals surface area contributed by atoms with Gasteiger partial charge in [-0.2, -0.15) is 0 Å². The number of sulfonamides is 1. The van der Waals surface area contributed by atoms with Gasteiger partial charge < -0.3 is 9.84 Å². The van der Waals surface area contributed by atoms with E-state index in [-0.39, 0.29) is 10.8 Å². The summed E-state index contributed by atoms with van der Waals surface area (Å²) in [4.78, 5) is 10.8. The van der Waals surface area contributed by atoms with Gasteiger partial charge in [-0.3, -0.25) is 4.79 Å². The number of anilines is 2.